The Morgan fingerprint density at radius 1 is 1.44 bits per heavy atom. The molecule has 90 valence electrons. The minimum absolute atomic E-state index is 0.541. The molecule has 3 nitrogen and oxygen atoms in total. The first-order valence-electron chi connectivity index (χ1n) is 5.58. The van der Waals surface area contributed by atoms with Crippen LogP contribution in [-0.2, 0) is 13.0 Å². The highest BCUT2D eigenvalue weighted by atomic mass is 35.5. The van der Waals surface area contributed by atoms with Crippen molar-refractivity contribution >= 4 is 35.1 Å². The molecule has 0 aromatic carbocycles. The lowest BCUT2D eigenvalue weighted by Gasteiger charge is -2.22. The first kappa shape index (κ1) is 12.6. The quantitative estimate of drug-likeness (QED) is 0.847. The summed E-state index contributed by atoms with van der Waals surface area (Å²) >= 11 is 10.1. The Hall–Kier alpha value is 0.130. The van der Waals surface area contributed by atoms with Gasteiger partial charge < -0.3 is 4.57 Å². The van der Waals surface area contributed by atoms with Crippen LogP contribution in [0.2, 0.25) is 5.28 Å². The Balaban J connectivity index is 2.03. The first-order valence-corrected chi connectivity index (χ1v) is 8.16. The summed E-state index contributed by atoms with van der Waals surface area (Å²) < 4.78 is 2.08. The van der Waals surface area contributed by atoms with Crippen molar-refractivity contribution in [1.82, 2.24) is 14.8 Å². The Kier molecular flexibility index (Phi) is 4.85. The third-order valence-corrected chi connectivity index (χ3v) is 5.63. The van der Waals surface area contributed by atoms with Crippen LogP contribution in [0.5, 0.6) is 0 Å². The van der Waals surface area contributed by atoms with Gasteiger partial charge >= 0.3 is 0 Å². The minimum atomic E-state index is 0.541. The van der Waals surface area contributed by atoms with Gasteiger partial charge in [0.05, 0.1) is 0 Å². The van der Waals surface area contributed by atoms with Crippen LogP contribution in [0, 0.1) is 0 Å². The second-order valence-electron chi connectivity index (χ2n) is 3.81. The van der Waals surface area contributed by atoms with Crippen LogP contribution in [0.25, 0.3) is 0 Å². The van der Waals surface area contributed by atoms with Crippen molar-refractivity contribution in [3.8, 4) is 0 Å². The van der Waals surface area contributed by atoms with Gasteiger partial charge in [-0.1, -0.05) is 6.92 Å². The normalized spacial score (nSPS) is 21.2. The highest BCUT2D eigenvalue weighted by Crippen LogP contribution is 2.26. The maximum absolute atomic E-state index is 6.07. The highest BCUT2D eigenvalue weighted by molar-refractivity contribution is 8.06. The molecule has 0 amide bonds. The number of nitrogens with zero attached hydrogens (tertiary/aromatic N) is 3. The van der Waals surface area contributed by atoms with Gasteiger partial charge in [-0.15, -0.1) is 10.2 Å². The molecule has 1 unspecified atom stereocenters. The van der Waals surface area contributed by atoms with Crippen molar-refractivity contribution in [2.45, 2.75) is 31.6 Å². The molecule has 1 atom stereocenters. The molecule has 1 fully saturated rings. The van der Waals surface area contributed by atoms with Crippen molar-refractivity contribution < 1.29 is 0 Å². The van der Waals surface area contributed by atoms with E-state index < -0.39 is 0 Å². The number of aryl methyl sites for hydroxylation is 1. The monoisotopic (exact) mass is 277 g/mol. The molecule has 0 N–H and O–H groups in total. The maximum Gasteiger partial charge on any atom is 0.225 e. The van der Waals surface area contributed by atoms with Gasteiger partial charge in [-0.2, -0.15) is 23.5 Å². The summed E-state index contributed by atoms with van der Waals surface area (Å²) in [7, 11) is 0. The lowest BCUT2D eigenvalue weighted by atomic mass is 10.3. The van der Waals surface area contributed by atoms with E-state index in [1.807, 2.05) is 23.5 Å². The Morgan fingerprint density at radius 3 is 3.00 bits per heavy atom. The van der Waals surface area contributed by atoms with Crippen LogP contribution in [0.4, 0.5) is 0 Å². The largest absolute Gasteiger partial charge is 0.301 e. The number of rotatable bonds is 4. The van der Waals surface area contributed by atoms with Gasteiger partial charge in [-0.3, -0.25) is 0 Å². The van der Waals surface area contributed by atoms with Crippen molar-refractivity contribution in [1.29, 1.82) is 0 Å². The van der Waals surface area contributed by atoms with E-state index in [9.17, 15) is 0 Å². The van der Waals surface area contributed by atoms with Crippen LogP contribution in [0.15, 0.2) is 0 Å². The van der Waals surface area contributed by atoms with Gasteiger partial charge in [-0.25, -0.2) is 0 Å². The van der Waals surface area contributed by atoms with E-state index in [1.165, 1.54) is 17.3 Å². The minimum Gasteiger partial charge on any atom is -0.301 e. The predicted molar refractivity (Wildman–Crippen MR) is 72.6 cm³/mol. The molecule has 0 aliphatic carbocycles. The molecule has 1 saturated heterocycles. The molecule has 1 aromatic heterocycles. The van der Waals surface area contributed by atoms with Crippen molar-refractivity contribution in [3.63, 3.8) is 0 Å². The van der Waals surface area contributed by atoms with Crippen LogP contribution in [-0.4, -0.2) is 37.3 Å². The molecule has 1 aromatic rings. The van der Waals surface area contributed by atoms with Gasteiger partial charge in [0.2, 0.25) is 5.28 Å². The zero-order valence-corrected chi connectivity index (χ0v) is 11.7. The van der Waals surface area contributed by atoms with Gasteiger partial charge in [0.1, 0.15) is 5.82 Å². The van der Waals surface area contributed by atoms with Gasteiger partial charge in [0.15, 0.2) is 0 Å². The van der Waals surface area contributed by atoms with Crippen LogP contribution in [0.1, 0.15) is 19.2 Å². The fourth-order valence-electron chi connectivity index (χ4n) is 1.75. The molecule has 6 heteroatoms. The molecule has 2 heterocycles. The number of halogens is 1. The summed E-state index contributed by atoms with van der Waals surface area (Å²) in [5.74, 6) is 4.77. The van der Waals surface area contributed by atoms with E-state index in [0.29, 0.717) is 10.5 Å². The molecular weight excluding hydrogens is 262 g/mol. The van der Waals surface area contributed by atoms with E-state index in [2.05, 4.69) is 21.7 Å². The molecule has 0 radical (unpaired) electrons. The second-order valence-corrected chi connectivity index (χ2v) is 6.71. The SMILES string of the molecule is CCCc1nnc(Cl)n1CC1CSCCS1. The summed E-state index contributed by atoms with van der Waals surface area (Å²) in [4.78, 5) is 0. The summed E-state index contributed by atoms with van der Waals surface area (Å²) in [6.45, 7) is 3.11. The predicted octanol–water partition coefficient (Wildman–Crippen LogP) is 2.73. The van der Waals surface area contributed by atoms with Gasteiger partial charge in [0.25, 0.3) is 0 Å². The third kappa shape index (κ3) is 3.08. The maximum atomic E-state index is 6.07. The van der Waals surface area contributed by atoms with E-state index in [4.69, 9.17) is 11.6 Å². The lowest BCUT2D eigenvalue weighted by Crippen LogP contribution is -2.21. The van der Waals surface area contributed by atoms with E-state index in [1.54, 1.807) is 0 Å². The fraction of sp³-hybridized carbons (Fsp3) is 0.800. The molecule has 1 aliphatic heterocycles. The van der Waals surface area contributed by atoms with E-state index in [0.717, 1.165) is 25.2 Å². The van der Waals surface area contributed by atoms with Crippen molar-refractivity contribution in [2.75, 3.05) is 17.3 Å². The van der Waals surface area contributed by atoms with Crippen molar-refractivity contribution in [2.24, 2.45) is 0 Å². The summed E-state index contributed by atoms with van der Waals surface area (Å²) in [5.41, 5.74) is 0. The fourth-order valence-corrected chi connectivity index (χ4v) is 4.61. The second kappa shape index (κ2) is 6.17. The standard InChI is InChI=1S/C10H16ClN3S2/c1-2-3-9-12-13-10(11)14(9)6-8-7-15-4-5-16-8/h8H,2-7H2,1H3. The summed E-state index contributed by atoms with van der Waals surface area (Å²) in [6, 6.07) is 0. The van der Waals surface area contributed by atoms with Gasteiger partial charge in [-0.05, 0) is 18.0 Å². The average molecular weight is 278 g/mol. The lowest BCUT2D eigenvalue weighted by molar-refractivity contribution is 0.643. The molecule has 0 saturated carbocycles. The Morgan fingerprint density at radius 2 is 2.31 bits per heavy atom. The van der Waals surface area contributed by atoms with Crippen LogP contribution < -0.4 is 0 Å². The number of hydrogen-bond acceptors (Lipinski definition) is 4. The smallest absolute Gasteiger partial charge is 0.225 e. The van der Waals surface area contributed by atoms with Gasteiger partial charge in [0, 0.05) is 35.5 Å². The topological polar surface area (TPSA) is 30.7 Å². The number of aromatic nitrogens is 3. The van der Waals surface area contributed by atoms with E-state index in [-0.39, 0.29) is 0 Å². The number of hydrogen-bond donors (Lipinski definition) is 0. The first-order chi connectivity index (χ1) is 7.81. The molecule has 2 rings (SSSR count). The highest BCUT2D eigenvalue weighted by Gasteiger charge is 2.18. The Labute approximate surface area is 110 Å². The Bertz CT molecular complexity index is 337. The summed E-state index contributed by atoms with van der Waals surface area (Å²) in [5, 5.41) is 9.30. The van der Waals surface area contributed by atoms with Crippen LogP contribution >= 0.6 is 35.1 Å². The number of thioether (sulfide) groups is 2. The van der Waals surface area contributed by atoms with Crippen LogP contribution in [0.3, 0.4) is 0 Å². The molecule has 16 heavy (non-hydrogen) atoms. The van der Waals surface area contributed by atoms with E-state index >= 15 is 0 Å². The molecule has 1 aliphatic rings. The zero-order valence-electron chi connectivity index (χ0n) is 9.36. The van der Waals surface area contributed by atoms with Crippen molar-refractivity contribution in [3.05, 3.63) is 11.1 Å². The summed E-state index contributed by atoms with van der Waals surface area (Å²) in [6.07, 6.45) is 2.05. The zero-order chi connectivity index (χ0) is 11.4. The third-order valence-electron chi connectivity index (χ3n) is 2.53. The average Bonchev–Trinajstić information content (AvgIpc) is 2.64. The molecule has 0 bridgehead atoms. The molecular formula is C10H16ClN3S2. The molecule has 0 spiro atoms.